The van der Waals surface area contributed by atoms with Crippen molar-refractivity contribution in [2.24, 2.45) is 0 Å². The predicted octanol–water partition coefficient (Wildman–Crippen LogP) is 3.96. The maximum absolute atomic E-state index is 9.17. The van der Waals surface area contributed by atoms with Crippen LogP contribution in [0.4, 0.5) is 0 Å². The summed E-state index contributed by atoms with van der Waals surface area (Å²) in [7, 11) is 1.69. The molecule has 0 fully saturated rings. The summed E-state index contributed by atoms with van der Waals surface area (Å²) in [4.78, 5) is 2.37. The number of aliphatic hydroxyl groups excluding tert-OH is 1. The van der Waals surface area contributed by atoms with E-state index in [1.807, 2.05) is 32.0 Å². The maximum Gasteiger partial charge on any atom is 0.121 e. The molecule has 0 unspecified atom stereocenters. The Labute approximate surface area is 118 Å². The summed E-state index contributed by atoms with van der Waals surface area (Å²) in [5, 5.41) is 9.17. The number of ether oxygens (including phenoxy) is 1. The Morgan fingerprint density at radius 3 is 2.16 bits per heavy atom. The molecule has 2 aromatic rings. The quantitative estimate of drug-likeness (QED) is 0.915. The largest absolute Gasteiger partial charge is 0.496 e. The SMILES string of the molecule is COc1ccc(Sc2ccc(CO)c(C)c2)cc1C. The molecule has 0 aliphatic carbocycles. The van der Waals surface area contributed by atoms with Gasteiger partial charge in [-0.15, -0.1) is 0 Å². The van der Waals surface area contributed by atoms with E-state index in [-0.39, 0.29) is 6.61 Å². The third kappa shape index (κ3) is 3.31. The zero-order valence-electron chi connectivity index (χ0n) is 11.4. The lowest BCUT2D eigenvalue weighted by Gasteiger charge is -2.09. The van der Waals surface area contributed by atoms with Crippen LogP contribution >= 0.6 is 11.8 Å². The molecule has 0 saturated carbocycles. The average Bonchev–Trinajstić information content (AvgIpc) is 2.39. The third-order valence-electron chi connectivity index (χ3n) is 3.09. The van der Waals surface area contributed by atoms with Gasteiger partial charge in [0.25, 0.3) is 0 Å². The van der Waals surface area contributed by atoms with Gasteiger partial charge in [0.15, 0.2) is 0 Å². The first-order valence-electron chi connectivity index (χ1n) is 6.17. The van der Waals surface area contributed by atoms with Crippen LogP contribution in [-0.4, -0.2) is 12.2 Å². The lowest BCUT2D eigenvalue weighted by atomic mass is 10.1. The number of methoxy groups -OCH3 is 1. The lowest BCUT2D eigenvalue weighted by molar-refractivity contribution is 0.281. The molecule has 0 radical (unpaired) electrons. The van der Waals surface area contributed by atoms with Crippen molar-refractivity contribution in [3.8, 4) is 5.75 Å². The molecule has 0 aromatic heterocycles. The van der Waals surface area contributed by atoms with Gasteiger partial charge in [0, 0.05) is 9.79 Å². The van der Waals surface area contributed by atoms with Gasteiger partial charge in [0.2, 0.25) is 0 Å². The van der Waals surface area contributed by atoms with E-state index in [0.29, 0.717) is 0 Å². The highest BCUT2D eigenvalue weighted by Gasteiger charge is 2.04. The van der Waals surface area contributed by atoms with Gasteiger partial charge in [0.05, 0.1) is 13.7 Å². The molecule has 19 heavy (non-hydrogen) atoms. The fourth-order valence-corrected chi connectivity index (χ4v) is 2.98. The van der Waals surface area contributed by atoms with Gasteiger partial charge in [0.1, 0.15) is 5.75 Å². The van der Waals surface area contributed by atoms with Crippen molar-refractivity contribution in [2.45, 2.75) is 30.2 Å². The van der Waals surface area contributed by atoms with Crippen molar-refractivity contribution in [3.63, 3.8) is 0 Å². The minimum absolute atomic E-state index is 0.0957. The molecule has 1 N–H and O–H groups in total. The molecule has 0 amide bonds. The molecule has 100 valence electrons. The fourth-order valence-electron chi connectivity index (χ4n) is 1.96. The van der Waals surface area contributed by atoms with E-state index in [4.69, 9.17) is 4.74 Å². The number of hydrogen-bond acceptors (Lipinski definition) is 3. The van der Waals surface area contributed by atoms with Crippen molar-refractivity contribution in [1.82, 2.24) is 0 Å². The van der Waals surface area contributed by atoms with Gasteiger partial charge in [-0.05, 0) is 60.9 Å². The zero-order valence-corrected chi connectivity index (χ0v) is 12.3. The molecule has 0 atom stereocenters. The summed E-state index contributed by atoms with van der Waals surface area (Å²) < 4.78 is 5.26. The first kappa shape index (κ1) is 14.0. The van der Waals surface area contributed by atoms with Gasteiger partial charge in [-0.3, -0.25) is 0 Å². The first-order chi connectivity index (χ1) is 9.13. The van der Waals surface area contributed by atoms with Crippen LogP contribution in [0.15, 0.2) is 46.2 Å². The summed E-state index contributed by atoms with van der Waals surface area (Å²) in [6.45, 7) is 4.16. The molecule has 0 saturated heterocycles. The highest BCUT2D eigenvalue weighted by molar-refractivity contribution is 7.99. The molecule has 2 nitrogen and oxygen atoms in total. The minimum Gasteiger partial charge on any atom is -0.496 e. The average molecular weight is 274 g/mol. The van der Waals surface area contributed by atoms with Gasteiger partial charge in [-0.2, -0.15) is 0 Å². The maximum atomic E-state index is 9.17. The molecular formula is C16H18O2S. The number of aryl methyl sites for hydroxylation is 2. The van der Waals surface area contributed by atoms with Gasteiger partial charge in [-0.25, -0.2) is 0 Å². The summed E-state index contributed by atoms with van der Waals surface area (Å²) in [6, 6.07) is 12.3. The summed E-state index contributed by atoms with van der Waals surface area (Å²) in [5.41, 5.74) is 3.24. The predicted molar refractivity (Wildman–Crippen MR) is 79.0 cm³/mol. The van der Waals surface area contributed by atoms with Crippen molar-refractivity contribution in [3.05, 3.63) is 53.1 Å². The van der Waals surface area contributed by atoms with Crippen molar-refractivity contribution in [1.29, 1.82) is 0 Å². The van der Waals surface area contributed by atoms with Gasteiger partial charge >= 0.3 is 0 Å². The van der Waals surface area contributed by atoms with Crippen LogP contribution in [0.25, 0.3) is 0 Å². The van der Waals surface area contributed by atoms with Crippen molar-refractivity contribution in [2.75, 3.05) is 7.11 Å². The number of aliphatic hydroxyl groups is 1. The first-order valence-corrected chi connectivity index (χ1v) is 6.98. The Balaban J connectivity index is 2.21. The Bertz CT molecular complexity index is 527. The Kier molecular flexibility index (Phi) is 4.51. The van der Waals surface area contributed by atoms with E-state index in [1.54, 1.807) is 18.9 Å². The van der Waals surface area contributed by atoms with Crippen LogP contribution in [0.2, 0.25) is 0 Å². The molecule has 0 aliphatic heterocycles. The molecule has 2 aromatic carbocycles. The highest BCUT2D eigenvalue weighted by Crippen LogP contribution is 2.32. The zero-order chi connectivity index (χ0) is 13.8. The van der Waals surface area contributed by atoms with E-state index in [1.165, 1.54) is 9.79 Å². The van der Waals surface area contributed by atoms with Crippen LogP contribution in [0.5, 0.6) is 5.75 Å². The standard InChI is InChI=1S/C16H18O2S/c1-11-8-14(5-4-13(11)10-17)19-15-6-7-16(18-3)12(2)9-15/h4-9,17H,10H2,1-3H3. The third-order valence-corrected chi connectivity index (χ3v) is 4.07. The Hall–Kier alpha value is -1.45. The lowest BCUT2D eigenvalue weighted by Crippen LogP contribution is -1.89. The van der Waals surface area contributed by atoms with E-state index in [0.717, 1.165) is 22.4 Å². The van der Waals surface area contributed by atoms with E-state index >= 15 is 0 Å². The monoisotopic (exact) mass is 274 g/mol. The molecule has 2 rings (SSSR count). The van der Waals surface area contributed by atoms with Crippen LogP contribution in [0.3, 0.4) is 0 Å². The molecule has 3 heteroatoms. The summed E-state index contributed by atoms with van der Waals surface area (Å²) in [5.74, 6) is 0.913. The summed E-state index contributed by atoms with van der Waals surface area (Å²) >= 11 is 1.72. The highest BCUT2D eigenvalue weighted by atomic mass is 32.2. The topological polar surface area (TPSA) is 29.5 Å². The van der Waals surface area contributed by atoms with E-state index in [9.17, 15) is 5.11 Å². The molecule has 0 aliphatic rings. The van der Waals surface area contributed by atoms with Crippen LogP contribution < -0.4 is 4.74 Å². The molecular weight excluding hydrogens is 256 g/mol. The number of rotatable bonds is 4. The minimum atomic E-state index is 0.0957. The van der Waals surface area contributed by atoms with E-state index in [2.05, 4.69) is 18.2 Å². The van der Waals surface area contributed by atoms with Crippen LogP contribution in [0, 0.1) is 13.8 Å². The second kappa shape index (κ2) is 6.13. The van der Waals surface area contributed by atoms with Crippen molar-refractivity contribution >= 4 is 11.8 Å². The Morgan fingerprint density at radius 2 is 1.63 bits per heavy atom. The van der Waals surface area contributed by atoms with Crippen molar-refractivity contribution < 1.29 is 9.84 Å². The molecule has 0 bridgehead atoms. The van der Waals surface area contributed by atoms with E-state index < -0.39 is 0 Å². The summed E-state index contributed by atoms with van der Waals surface area (Å²) in [6.07, 6.45) is 0. The van der Waals surface area contributed by atoms with Gasteiger partial charge in [-0.1, -0.05) is 17.8 Å². The van der Waals surface area contributed by atoms with Gasteiger partial charge < -0.3 is 9.84 Å². The fraction of sp³-hybridized carbons (Fsp3) is 0.250. The number of benzene rings is 2. The second-order valence-electron chi connectivity index (χ2n) is 4.48. The smallest absolute Gasteiger partial charge is 0.121 e. The van der Waals surface area contributed by atoms with Crippen LogP contribution in [0.1, 0.15) is 16.7 Å². The van der Waals surface area contributed by atoms with Crippen LogP contribution in [-0.2, 0) is 6.61 Å². The number of hydrogen-bond donors (Lipinski definition) is 1. The molecule has 0 spiro atoms. The Morgan fingerprint density at radius 1 is 1.00 bits per heavy atom. The normalized spacial score (nSPS) is 10.5. The second-order valence-corrected chi connectivity index (χ2v) is 5.63. The molecule has 0 heterocycles.